The van der Waals surface area contributed by atoms with Crippen LogP contribution in [-0.4, -0.2) is 7.05 Å². The van der Waals surface area contributed by atoms with Crippen LogP contribution in [0.15, 0.2) is 42.5 Å². The molecule has 2 aromatic rings. The smallest absolute Gasteiger partial charge is 0.0459 e. The Kier molecular flexibility index (Phi) is 4.46. The van der Waals surface area contributed by atoms with Crippen LogP contribution in [0.5, 0.6) is 0 Å². The van der Waals surface area contributed by atoms with Crippen LogP contribution in [0.1, 0.15) is 16.7 Å². The van der Waals surface area contributed by atoms with E-state index in [1.807, 2.05) is 12.1 Å². The number of nitrogens with two attached hydrogens (primary N) is 1. The van der Waals surface area contributed by atoms with E-state index in [4.69, 9.17) is 17.3 Å². The number of hydrogen-bond donors (Lipinski definition) is 1. The predicted molar refractivity (Wildman–Crippen MR) is 82.6 cm³/mol. The van der Waals surface area contributed by atoms with E-state index in [9.17, 15) is 0 Å². The molecular weight excluding hydrogens is 256 g/mol. The molecule has 2 rings (SSSR count). The van der Waals surface area contributed by atoms with Gasteiger partial charge in [0.05, 0.1) is 0 Å². The van der Waals surface area contributed by atoms with Gasteiger partial charge in [0.15, 0.2) is 0 Å². The van der Waals surface area contributed by atoms with E-state index in [2.05, 4.69) is 49.2 Å². The van der Waals surface area contributed by atoms with Crippen LogP contribution in [0.4, 0.5) is 5.69 Å². The van der Waals surface area contributed by atoms with Gasteiger partial charge in [0.2, 0.25) is 0 Å². The molecule has 19 heavy (non-hydrogen) atoms. The Labute approximate surface area is 119 Å². The number of rotatable bonds is 4. The number of halogens is 1. The van der Waals surface area contributed by atoms with Gasteiger partial charge in [-0.1, -0.05) is 35.9 Å². The maximum atomic E-state index is 6.29. The molecule has 0 aliphatic carbocycles. The summed E-state index contributed by atoms with van der Waals surface area (Å²) in [5, 5.41) is 0.780. The second kappa shape index (κ2) is 6.09. The summed E-state index contributed by atoms with van der Waals surface area (Å²) in [5.41, 5.74) is 10.2. The van der Waals surface area contributed by atoms with Crippen molar-refractivity contribution in [1.29, 1.82) is 0 Å². The number of hydrogen-bond acceptors (Lipinski definition) is 2. The second-order valence-corrected chi connectivity index (χ2v) is 5.23. The molecule has 0 unspecified atom stereocenters. The van der Waals surface area contributed by atoms with Crippen LogP contribution in [0, 0.1) is 6.92 Å². The SMILES string of the molecule is Cc1cccc(N(C)Cc2ccc(CN)cc2Cl)c1. The highest BCUT2D eigenvalue weighted by Crippen LogP contribution is 2.22. The van der Waals surface area contributed by atoms with Crippen molar-refractivity contribution in [2.24, 2.45) is 5.73 Å². The lowest BCUT2D eigenvalue weighted by Crippen LogP contribution is -2.16. The zero-order chi connectivity index (χ0) is 13.8. The van der Waals surface area contributed by atoms with Crippen molar-refractivity contribution in [1.82, 2.24) is 0 Å². The number of aryl methyl sites for hydroxylation is 1. The summed E-state index contributed by atoms with van der Waals surface area (Å²) in [6.45, 7) is 3.40. The van der Waals surface area contributed by atoms with Gasteiger partial charge >= 0.3 is 0 Å². The molecule has 3 heteroatoms. The van der Waals surface area contributed by atoms with Gasteiger partial charge in [-0.3, -0.25) is 0 Å². The van der Waals surface area contributed by atoms with Gasteiger partial charge in [0.1, 0.15) is 0 Å². The molecule has 0 aromatic heterocycles. The Morgan fingerprint density at radius 3 is 2.58 bits per heavy atom. The third-order valence-corrected chi connectivity index (χ3v) is 3.55. The number of anilines is 1. The van der Waals surface area contributed by atoms with Gasteiger partial charge in [-0.15, -0.1) is 0 Å². The minimum Gasteiger partial charge on any atom is -0.370 e. The molecule has 100 valence electrons. The minimum absolute atomic E-state index is 0.522. The third-order valence-electron chi connectivity index (χ3n) is 3.20. The molecule has 2 N–H and O–H groups in total. The highest BCUT2D eigenvalue weighted by molar-refractivity contribution is 6.31. The van der Waals surface area contributed by atoms with E-state index in [0.717, 1.165) is 22.7 Å². The van der Waals surface area contributed by atoms with Crippen LogP contribution in [0.25, 0.3) is 0 Å². The van der Waals surface area contributed by atoms with Gasteiger partial charge in [-0.25, -0.2) is 0 Å². The van der Waals surface area contributed by atoms with Crippen molar-refractivity contribution in [2.75, 3.05) is 11.9 Å². The first-order valence-electron chi connectivity index (χ1n) is 6.35. The summed E-state index contributed by atoms with van der Waals surface area (Å²) in [7, 11) is 2.07. The van der Waals surface area contributed by atoms with Gasteiger partial charge in [0.25, 0.3) is 0 Å². The van der Waals surface area contributed by atoms with Crippen LogP contribution >= 0.6 is 11.6 Å². The molecule has 0 saturated heterocycles. The fourth-order valence-corrected chi connectivity index (χ4v) is 2.32. The molecule has 0 radical (unpaired) electrons. The van der Waals surface area contributed by atoms with Crippen molar-refractivity contribution in [2.45, 2.75) is 20.0 Å². The van der Waals surface area contributed by atoms with Crippen molar-refractivity contribution in [3.8, 4) is 0 Å². The lowest BCUT2D eigenvalue weighted by Gasteiger charge is -2.20. The standard InChI is InChI=1S/C16H19ClN2/c1-12-4-3-5-15(8-12)19(2)11-14-7-6-13(10-18)9-16(14)17/h3-9H,10-11,18H2,1-2H3. The van der Waals surface area contributed by atoms with Gasteiger partial charge in [0, 0.05) is 30.8 Å². The van der Waals surface area contributed by atoms with E-state index in [1.165, 1.54) is 11.3 Å². The topological polar surface area (TPSA) is 29.3 Å². The normalized spacial score (nSPS) is 10.5. The molecule has 0 spiro atoms. The number of benzene rings is 2. The molecule has 2 nitrogen and oxygen atoms in total. The Morgan fingerprint density at radius 2 is 1.95 bits per heavy atom. The van der Waals surface area contributed by atoms with Crippen molar-refractivity contribution >= 4 is 17.3 Å². The summed E-state index contributed by atoms with van der Waals surface area (Å²) in [6.07, 6.45) is 0. The lowest BCUT2D eigenvalue weighted by atomic mass is 10.1. The van der Waals surface area contributed by atoms with Crippen LogP contribution in [0.3, 0.4) is 0 Å². The van der Waals surface area contributed by atoms with Crippen molar-refractivity contribution in [3.05, 3.63) is 64.2 Å². The molecule has 2 aromatic carbocycles. The highest BCUT2D eigenvalue weighted by atomic mass is 35.5. The first-order chi connectivity index (χ1) is 9.10. The first kappa shape index (κ1) is 13.9. The molecule has 0 heterocycles. The van der Waals surface area contributed by atoms with E-state index in [1.54, 1.807) is 0 Å². The van der Waals surface area contributed by atoms with E-state index >= 15 is 0 Å². The second-order valence-electron chi connectivity index (χ2n) is 4.82. The van der Waals surface area contributed by atoms with E-state index in [0.29, 0.717) is 6.54 Å². The Morgan fingerprint density at radius 1 is 1.16 bits per heavy atom. The van der Waals surface area contributed by atoms with E-state index < -0.39 is 0 Å². The summed E-state index contributed by atoms with van der Waals surface area (Å²) in [4.78, 5) is 2.19. The third kappa shape index (κ3) is 3.49. The summed E-state index contributed by atoms with van der Waals surface area (Å²) >= 11 is 6.29. The van der Waals surface area contributed by atoms with E-state index in [-0.39, 0.29) is 0 Å². The molecular formula is C16H19ClN2. The Balaban J connectivity index is 2.17. The minimum atomic E-state index is 0.522. The van der Waals surface area contributed by atoms with Crippen LogP contribution < -0.4 is 10.6 Å². The fraction of sp³-hybridized carbons (Fsp3) is 0.250. The number of nitrogens with zero attached hydrogens (tertiary/aromatic N) is 1. The Hall–Kier alpha value is -1.51. The van der Waals surface area contributed by atoms with Crippen LogP contribution in [-0.2, 0) is 13.1 Å². The fourth-order valence-electron chi connectivity index (χ4n) is 2.06. The molecule has 0 amide bonds. The molecule has 0 aliphatic rings. The molecule has 0 atom stereocenters. The largest absolute Gasteiger partial charge is 0.370 e. The van der Waals surface area contributed by atoms with Gasteiger partial charge in [-0.2, -0.15) is 0 Å². The van der Waals surface area contributed by atoms with Crippen molar-refractivity contribution in [3.63, 3.8) is 0 Å². The predicted octanol–water partition coefficient (Wildman–Crippen LogP) is 3.74. The summed E-state index contributed by atoms with van der Waals surface area (Å²) in [5.74, 6) is 0. The van der Waals surface area contributed by atoms with Crippen molar-refractivity contribution < 1.29 is 0 Å². The quantitative estimate of drug-likeness (QED) is 0.920. The average Bonchev–Trinajstić information content (AvgIpc) is 2.41. The molecule has 0 aliphatic heterocycles. The zero-order valence-corrected chi connectivity index (χ0v) is 12.1. The maximum absolute atomic E-state index is 6.29. The maximum Gasteiger partial charge on any atom is 0.0459 e. The average molecular weight is 275 g/mol. The van der Waals surface area contributed by atoms with Gasteiger partial charge < -0.3 is 10.6 Å². The molecule has 0 saturated carbocycles. The molecule has 0 fully saturated rings. The first-order valence-corrected chi connectivity index (χ1v) is 6.73. The van der Waals surface area contributed by atoms with Crippen LogP contribution in [0.2, 0.25) is 5.02 Å². The monoisotopic (exact) mass is 274 g/mol. The molecule has 0 bridgehead atoms. The highest BCUT2D eigenvalue weighted by Gasteiger charge is 2.06. The van der Waals surface area contributed by atoms with Gasteiger partial charge in [-0.05, 0) is 41.8 Å². The summed E-state index contributed by atoms with van der Waals surface area (Å²) < 4.78 is 0. The lowest BCUT2D eigenvalue weighted by molar-refractivity contribution is 0.919. The summed E-state index contributed by atoms with van der Waals surface area (Å²) in [6, 6.07) is 14.5. The zero-order valence-electron chi connectivity index (χ0n) is 11.4. The Bertz CT molecular complexity index is 566.